The molecule has 30 heavy (non-hydrogen) atoms. The van der Waals surface area contributed by atoms with E-state index in [0.717, 1.165) is 11.1 Å². The maximum absolute atomic E-state index is 12.8. The van der Waals surface area contributed by atoms with Gasteiger partial charge in [-0.15, -0.1) is 0 Å². The second kappa shape index (κ2) is 9.09. The van der Waals surface area contributed by atoms with Crippen LogP contribution in [-0.4, -0.2) is 36.2 Å². The number of hydrogen-bond donors (Lipinski definition) is 2. The number of carbonyl (C=O) groups excluding carboxylic acids is 3. The van der Waals surface area contributed by atoms with Crippen molar-refractivity contribution in [2.24, 2.45) is 0 Å². The Morgan fingerprint density at radius 3 is 2.37 bits per heavy atom. The van der Waals surface area contributed by atoms with E-state index in [1.54, 1.807) is 37.4 Å². The fraction of sp³-hybridized carbons (Fsp3) is 0.174. The monoisotopic (exact) mass is 405 g/mol. The Morgan fingerprint density at radius 2 is 1.70 bits per heavy atom. The molecule has 0 bridgehead atoms. The lowest BCUT2D eigenvalue weighted by molar-refractivity contribution is -0.116. The minimum absolute atomic E-state index is 0.103. The standard InChI is InChI=1S/C23H23N3O4/c1-15-6-10-18(11-7-15)24-21(27)14-26(3)23(29)17-9-8-16(2)19(13-17)25-22(28)20-5-4-12-30-20/h4-13H,14H2,1-3H3,(H,24,27)(H,25,28). The van der Waals surface area contributed by atoms with Gasteiger partial charge in [-0.25, -0.2) is 0 Å². The number of likely N-dealkylation sites (N-methyl/N-ethyl adjacent to an activating group) is 1. The van der Waals surface area contributed by atoms with E-state index in [0.29, 0.717) is 16.9 Å². The molecular formula is C23H23N3O4. The molecule has 3 aromatic rings. The molecule has 3 amide bonds. The number of amides is 3. The van der Waals surface area contributed by atoms with Crippen LogP contribution < -0.4 is 10.6 Å². The third-order valence-electron chi connectivity index (χ3n) is 4.54. The topological polar surface area (TPSA) is 91.7 Å². The number of nitrogens with zero attached hydrogens (tertiary/aromatic N) is 1. The molecule has 7 heteroatoms. The van der Waals surface area contributed by atoms with Gasteiger partial charge in [0.15, 0.2) is 5.76 Å². The van der Waals surface area contributed by atoms with Crippen LogP contribution >= 0.6 is 0 Å². The second-order valence-electron chi connectivity index (χ2n) is 7.04. The second-order valence-corrected chi connectivity index (χ2v) is 7.04. The van der Waals surface area contributed by atoms with Crippen molar-refractivity contribution in [2.45, 2.75) is 13.8 Å². The average Bonchev–Trinajstić information content (AvgIpc) is 3.26. The Kier molecular flexibility index (Phi) is 6.32. The highest BCUT2D eigenvalue weighted by Gasteiger charge is 2.17. The van der Waals surface area contributed by atoms with E-state index in [9.17, 15) is 14.4 Å². The highest BCUT2D eigenvalue weighted by atomic mass is 16.3. The molecular weight excluding hydrogens is 382 g/mol. The summed E-state index contributed by atoms with van der Waals surface area (Å²) in [5.74, 6) is -0.856. The molecule has 7 nitrogen and oxygen atoms in total. The summed E-state index contributed by atoms with van der Waals surface area (Å²) in [6, 6.07) is 15.6. The van der Waals surface area contributed by atoms with Crippen molar-refractivity contribution in [3.8, 4) is 0 Å². The predicted molar refractivity (Wildman–Crippen MR) is 115 cm³/mol. The molecule has 154 valence electrons. The van der Waals surface area contributed by atoms with E-state index in [1.807, 2.05) is 38.1 Å². The lowest BCUT2D eigenvalue weighted by Gasteiger charge is -2.18. The Balaban J connectivity index is 1.65. The van der Waals surface area contributed by atoms with Crippen LogP contribution in [-0.2, 0) is 4.79 Å². The number of rotatable bonds is 6. The van der Waals surface area contributed by atoms with E-state index in [4.69, 9.17) is 4.42 Å². The van der Waals surface area contributed by atoms with Crippen molar-refractivity contribution in [2.75, 3.05) is 24.2 Å². The Hall–Kier alpha value is -3.87. The number of carbonyl (C=O) groups is 3. The summed E-state index contributed by atoms with van der Waals surface area (Å²) < 4.78 is 5.09. The molecule has 0 radical (unpaired) electrons. The van der Waals surface area contributed by atoms with Gasteiger partial charge in [0.1, 0.15) is 0 Å². The number of benzene rings is 2. The van der Waals surface area contributed by atoms with E-state index >= 15 is 0 Å². The van der Waals surface area contributed by atoms with Crippen molar-refractivity contribution in [1.82, 2.24) is 4.90 Å². The molecule has 0 aliphatic carbocycles. The van der Waals surface area contributed by atoms with Gasteiger partial charge in [-0.3, -0.25) is 14.4 Å². The summed E-state index contributed by atoms with van der Waals surface area (Å²) in [6.45, 7) is 3.68. The molecule has 0 spiro atoms. The molecule has 2 aromatic carbocycles. The van der Waals surface area contributed by atoms with Crippen molar-refractivity contribution in [1.29, 1.82) is 0 Å². The van der Waals surface area contributed by atoms with Crippen molar-refractivity contribution in [3.05, 3.63) is 83.3 Å². The van der Waals surface area contributed by atoms with Crippen LogP contribution in [0.15, 0.2) is 65.3 Å². The summed E-state index contributed by atoms with van der Waals surface area (Å²) in [5.41, 5.74) is 3.42. The molecule has 1 heterocycles. The molecule has 3 rings (SSSR count). The maximum atomic E-state index is 12.8. The molecule has 0 fully saturated rings. The molecule has 0 aliphatic heterocycles. The number of aryl methyl sites for hydroxylation is 2. The van der Waals surface area contributed by atoms with Crippen molar-refractivity contribution >= 4 is 29.1 Å². The van der Waals surface area contributed by atoms with Crippen LogP contribution in [0.3, 0.4) is 0 Å². The molecule has 0 aliphatic rings. The summed E-state index contributed by atoms with van der Waals surface area (Å²) in [4.78, 5) is 38.6. The Labute approximate surface area is 174 Å². The number of nitrogens with one attached hydrogen (secondary N) is 2. The van der Waals surface area contributed by atoms with Gasteiger partial charge in [0.25, 0.3) is 11.8 Å². The lowest BCUT2D eigenvalue weighted by Crippen LogP contribution is -2.35. The lowest BCUT2D eigenvalue weighted by atomic mass is 10.1. The summed E-state index contributed by atoms with van der Waals surface area (Å²) >= 11 is 0. The van der Waals surface area contributed by atoms with Crippen LogP contribution in [0.5, 0.6) is 0 Å². The van der Waals surface area contributed by atoms with Gasteiger partial charge in [0.05, 0.1) is 12.8 Å². The van der Waals surface area contributed by atoms with Crippen LogP contribution in [0.25, 0.3) is 0 Å². The zero-order valence-corrected chi connectivity index (χ0v) is 17.1. The van der Waals surface area contributed by atoms with Gasteiger partial charge < -0.3 is 20.0 Å². The maximum Gasteiger partial charge on any atom is 0.291 e. The highest BCUT2D eigenvalue weighted by Crippen LogP contribution is 2.19. The van der Waals surface area contributed by atoms with Crippen LogP contribution in [0.4, 0.5) is 11.4 Å². The fourth-order valence-electron chi connectivity index (χ4n) is 2.83. The van der Waals surface area contributed by atoms with Crippen LogP contribution in [0.1, 0.15) is 32.0 Å². The largest absolute Gasteiger partial charge is 0.459 e. The minimum Gasteiger partial charge on any atom is -0.459 e. The van der Waals surface area contributed by atoms with Gasteiger partial charge in [-0.2, -0.15) is 0 Å². The average molecular weight is 405 g/mol. The van der Waals surface area contributed by atoms with Crippen molar-refractivity contribution in [3.63, 3.8) is 0 Å². The van der Waals surface area contributed by atoms with Crippen LogP contribution in [0.2, 0.25) is 0 Å². The first-order valence-corrected chi connectivity index (χ1v) is 9.41. The number of hydrogen-bond acceptors (Lipinski definition) is 4. The first-order chi connectivity index (χ1) is 14.3. The van der Waals surface area contributed by atoms with Crippen molar-refractivity contribution < 1.29 is 18.8 Å². The van der Waals surface area contributed by atoms with Gasteiger partial charge >= 0.3 is 0 Å². The minimum atomic E-state index is -0.404. The molecule has 1 aromatic heterocycles. The quantitative estimate of drug-likeness (QED) is 0.651. The first kappa shape index (κ1) is 20.9. The first-order valence-electron chi connectivity index (χ1n) is 9.41. The summed E-state index contributed by atoms with van der Waals surface area (Å²) in [7, 11) is 1.55. The van der Waals surface area contributed by atoms with E-state index < -0.39 is 5.91 Å². The van der Waals surface area contributed by atoms with E-state index in [-0.39, 0.29) is 24.1 Å². The highest BCUT2D eigenvalue weighted by molar-refractivity contribution is 6.04. The molecule has 2 N–H and O–H groups in total. The third kappa shape index (κ3) is 5.14. The summed E-state index contributed by atoms with van der Waals surface area (Å²) in [6.07, 6.45) is 1.42. The molecule has 0 unspecified atom stereocenters. The fourth-order valence-corrected chi connectivity index (χ4v) is 2.83. The molecule has 0 saturated carbocycles. The van der Waals surface area contributed by atoms with E-state index in [2.05, 4.69) is 10.6 Å². The van der Waals surface area contributed by atoms with Gasteiger partial charge in [-0.05, 0) is 55.8 Å². The number of furan rings is 1. The molecule has 0 atom stereocenters. The van der Waals surface area contributed by atoms with Gasteiger partial charge in [-0.1, -0.05) is 23.8 Å². The normalized spacial score (nSPS) is 10.4. The Morgan fingerprint density at radius 1 is 0.967 bits per heavy atom. The smallest absolute Gasteiger partial charge is 0.291 e. The van der Waals surface area contributed by atoms with E-state index in [1.165, 1.54) is 11.2 Å². The summed E-state index contributed by atoms with van der Waals surface area (Å²) in [5, 5.41) is 5.51. The number of anilines is 2. The predicted octanol–water partition coefficient (Wildman–Crippen LogP) is 3.86. The zero-order valence-electron chi connectivity index (χ0n) is 17.1. The van der Waals surface area contributed by atoms with Crippen LogP contribution in [0, 0.1) is 13.8 Å². The van der Waals surface area contributed by atoms with Gasteiger partial charge in [0.2, 0.25) is 5.91 Å². The Bertz CT molecular complexity index is 1060. The molecule has 0 saturated heterocycles. The third-order valence-corrected chi connectivity index (χ3v) is 4.54. The SMILES string of the molecule is Cc1ccc(NC(=O)CN(C)C(=O)c2ccc(C)c(NC(=O)c3ccco3)c2)cc1. The van der Waals surface area contributed by atoms with Gasteiger partial charge in [0, 0.05) is 24.0 Å². The zero-order chi connectivity index (χ0) is 21.7.